The standard InChI is InChI=1S/C17H18N6O3/c24-14(19-17-20-15(21-22-17)13-6-3-9-26-13)7-8-23-10-18-12-5-2-1-4-11(12)16(23)25/h1-2,4-5,10,13H,3,6-9H2,(H2,19,20,21,22,24)/t13-/m0/s1. The third kappa shape index (κ3) is 3.33. The van der Waals surface area contributed by atoms with Gasteiger partial charge in [-0.2, -0.15) is 4.98 Å². The first kappa shape index (κ1) is 16.4. The number of ether oxygens (including phenoxy) is 1. The number of hydrogen-bond acceptors (Lipinski definition) is 6. The fourth-order valence-electron chi connectivity index (χ4n) is 2.94. The molecule has 0 aliphatic carbocycles. The number of rotatable bonds is 5. The van der Waals surface area contributed by atoms with Crippen molar-refractivity contribution in [3.63, 3.8) is 0 Å². The summed E-state index contributed by atoms with van der Waals surface area (Å²) in [4.78, 5) is 33.0. The number of amides is 1. The van der Waals surface area contributed by atoms with Gasteiger partial charge >= 0.3 is 0 Å². The van der Waals surface area contributed by atoms with Gasteiger partial charge in [0.25, 0.3) is 5.56 Å². The number of carbonyl (C=O) groups excluding carboxylic acids is 1. The van der Waals surface area contributed by atoms with E-state index in [-0.39, 0.29) is 36.5 Å². The first-order valence-corrected chi connectivity index (χ1v) is 8.48. The van der Waals surface area contributed by atoms with E-state index in [0.29, 0.717) is 23.3 Å². The summed E-state index contributed by atoms with van der Waals surface area (Å²) in [6.45, 7) is 0.938. The lowest BCUT2D eigenvalue weighted by Gasteiger charge is -2.06. The number of aryl methyl sites for hydroxylation is 1. The van der Waals surface area contributed by atoms with Crippen molar-refractivity contribution in [1.29, 1.82) is 0 Å². The summed E-state index contributed by atoms with van der Waals surface area (Å²) in [5.74, 6) is 0.556. The van der Waals surface area contributed by atoms with Crippen molar-refractivity contribution in [2.45, 2.75) is 31.9 Å². The predicted octanol–water partition coefficient (Wildman–Crippen LogP) is 1.39. The van der Waals surface area contributed by atoms with Gasteiger partial charge in [0, 0.05) is 19.6 Å². The van der Waals surface area contributed by atoms with Gasteiger partial charge in [0.2, 0.25) is 11.9 Å². The van der Waals surface area contributed by atoms with Crippen LogP contribution in [0.1, 0.15) is 31.2 Å². The fraction of sp³-hybridized carbons (Fsp3) is 0.353. The summed E-state index contributed by atoms with van der Waals surface area (Å²) in [5, 5.41) is 9.94. The van der Waals surface area contributed by atoms with Gasteiger partial charge in [-0.1, -0.05) is 12.1 Å². The number of anilines is 1. The molecule has 3 aromatic rings. The molecule has 1 aliphatic heterocycles. The molecule has 0 spiro atoms. The third-order valence-corrected chi connectivity index (χ3v) is 4.30. The van der Waals surface area contributed by atoms with Gasteiger partial charge < -0.3 is 4.74 Å². The number of fused-ring (bicyclic) bond motifs is 1. The Balaban J connectivity index is 1.38. The van der Waals surface area contributed by atoms with Crippen LogP contribution in [-0.2, 0) is 16.1 Å². The average Bonchev–Trinajstić information content (AvgIpc) is 3.33. The summed E-state index contributed by atoms with van der Waals surface area (Å²) in [7, 11) is 0. The van der Waals surface area contributed by atoms with Gasteiger partial charge in [-0.05, 0) is 25.0 Å². The molecular weight excluding hydrogens is 336 g/mol. The van der Waals surface area contributed by atoms with Gasteiger partial charge in [0.1, 0.15) is 6.10 Å². The van der Waals surface area contributed by atoms with E-state index in [0.717, 1.165) is 12.8 Å². The second kappa shape index (κ2) is 7.04. The Morgan fingerprint density at radius 3 is 3.12 bits per heavy atom. The summed E-state index contributed by atoms with van der Waals surface area (Å²) in [6.07, 6.45) is 3.36. The molecule has 1 atom stereocenters. The minimum absolute atomic E-state index is 0.0876. The van der Waals surface area contributed by atoms with Crippen LogP contribution in [0.3, 0.4) is 0 Å². The first-order chi connectivity index (χ1) is 12.7. The quantitative estimate of drug-likeness (QED) is 0.716. The number of para-hydroxylation sites is 1. The third-order valence-electron chi connectivity index (χ3n) is 4.30. The Hall–Kier alpha value is -3.07. The minimum Gasteiger partial charge on any atom is -0.370 e. The molecule has 26 heavy (non-hydrogen) atoms. The summed E-state index contributed by atoms with van der Waals surface area (Å²) in [5.41, 5.74) is 0.475. The van der Waals surface area contributed by atoms with Crippen LogP contribution in [0.5, 0.6) is 0 Å². The van der Waals surface area contributed by atoms with E-state index in [2.05, 4.69) is 25.5 Å². The second-order valence-electron chi connectivity index (χ2n) is 6.10. The lowest BCUT2D eigenvalue weighted by atomic mass is 10.2. The Morgan fingerprint density at radius 1 is 1.38 bits per heavy atom. The molecule has 3 heterocycles. The Kier molecular flexibility index (Phi) is 4.44. The van der Waals surface area contributed by atoms with Crippen molar-refractivity contribution >= 4 is 22.8 Å². The molecule has 9 heteroatoms. The molecule has 0 saturated carbocycles. The van der Waals surface area contributed by atoms with Gasteiger partial charge in [-0.3, -0.25) is 24.6 Å². The SMILES string of the molecule is O=C(CCn1cnc2ccccc2c1=O)Nc1n[nH]c([C@@H]2CCCO2)n1. The Morgan fingerprint density at radius 2 is 2.27 bits per heavy atom. The molecular formula is C17H18N6O3. The molecule has 4 rings (SSSR count). The highest BCUT2D eigenvalue weighted by Crippen LogP contribution is 2.26. The van der Waals surface area contributed by atoms with Gasteiger partial charge in [0.05, 0.1) is 17.2 Å². The highest BCUT2D eigenvalue weighted by molar-refractivity contribution is 5.88. The number of H-pyrrole nitrogens is 1. The molecule has 1 aliphatic rings. The van der Waals surface area contributed by atoms with Crippen molar-refractivity contribution in [3.8, 4) is 0 Å². The van der Waals surface area contributed by atoms with Crippen LogP contribution in [0.2, 0.25) is 0 Å². The molecule has 134 valence electrons. The van der Waals surface area contributed by atoms with E-state index < -0.39 is 0 Å². The van der Waals surface area contributed by atoms with E-state index >= 15 is 0 Å². The van der Waals surface area contributed by atoms with Crippen molar-refractivity contribution in [1.82, 2.24) is 24.7 Å². The molecule has 1 amide bonds. The maximum atomic E-state index is 12.4. The number of benzene rings is 1. The molecule has 2 aromatic heterocycles. The van der Waals surface area contributed by atoms with E-state index in [9.17, 15) is 9.59 Å². The number of nitrogens with zero attached hydrogens (tertiary/aromatic N) is 4. The normalized spacial score (nSPS) is 16.8. The topological polar surface area (TPSA) is 115 Å². The van der Waals surface area contributed by atoms with E-state index in [4.69, 9.17) is 4.74 Å². The number of nitrogens with one attached hydrogen (secondary N) is 2. The van der Waals surface area contributed by atoms with Crippen LogP contribution in [0.25, 0.3) is 10.9 Å². The largest absolute Gasteiger partial charge is 0.370 e. The zero-order valence-electron chi connectivity index (χ0n) is 14.0. The van der Waals surface area contributed by atoms with E-state index in [1.807, 2.05) is 6.07 Å². The van der Waals surface area contributed by atoms with Crippen LogP contribution in [0, 0.1) is 0 Å². The van der Waals surface area contributed by atoms with Crippen LogP contribution < -0.4 is 10.9 Å². The summed E-state index contributed by atoms with van der Waals surface area (Å²) < 4.78 is 6.95. The lowest BCUT2D eigenvalue weighted by molar-refractivity contribution is -0.116. The van der Waals surface area contributed by atoms with E-state index in [1.54, 1.807) is 18.2 Å². The van der Waals surface area contributed by atoms with Crippen LogP contribution in [-0.4, -0.2) is 37.2 Å². The summed E-state index contributed by atoms with van der Waals surface area (Å²) in [6, 6.07) is 7.12. The van der Waals surface area contributed by atoms with Crippen LogP contribution >= 0.6 is 0 Å². The average molecular weight is 354 g/mol. The van der Waals surface area contributed by atoms with Crippen molar-refractivity contribution < 1.29 is 9.53 Å². The molecule has 0 bridgehead atoms. The van der Waals surface area contributed by atoms with Crippen molar-refractivity contribution in [2.24, 2.45) is 0 Å². The molecule has 1 aromatic carbocycles. The smallest absolute Gasteiger partial charge is 0.261 e. The predicted molar refractivity (Wildman–Crippen MR) is 93.6 cm³/mol. The van der Waals surface area contributed by atoms with Crippen molar-refractivity contribution in [3.05, 3.63) is 46.8 Å². The lowest BCUT2D eigenvalue weighted by Crippen LogP contribution is -2.23. The highest BCUT2D eigenvalue weighted by atomic mass is 16.5. The first-order valence-electron chi connectivity index (χ1n) is 8.48. The van der Waals surface area contributed by atoms with Gasteiger partial charge in [-0.25, -0.2) is 4.98 Å². The van der Waals surface area contributed by atoms with E-state index in [1.165, 1.54) is 10.9 Å². The number of carbonyl (C=O) groups is 1. The summed E-state index contributed by atoms with van der Waals surface area (Å²) >= 11 is 0. The molecule has 1 fully saturated rings. The molecule has 9 nitrogen and oxygen atoms in total. The highest BCUT2D eigenvalue weighted by Gasteiger charge is 2.21. The van der Waals surface area contributed by atoms with Crippen molar-refractivity contribution in [2.75, 3.05) is 11.9 Å². The Labute approximate surface area is 148 Å². The molecule has 0 radical (unpaired) electrons. The van der Waals surface area contributed by atoms with Crippen LogP contribution in [0.15, 0.2) is 35.4 Å². The maximum Gasteiger partial charge on any atom is 0.261 e. The van der Waals surface area contributed by atoms with Crippen LogP contribution in [0.4, 0.5) is 5.95 Å². The Bertz CT molecular complexity index is 989. The minimum atomic E-state index is -0.275. The zero-order chi connectivity index (χ0) is 17.9. The molecule has 1 saturated heterocycles. The molecule has 2 N–H and O–H groups in total. The monoisotopic (exact) mass is 354 g/mol. The second-order valence-corrected chi connectivity index (χ2v) is 6.10. The van der Waals surface area contributed by atoms with Gasteiger partial charge in [-0.15, -0.1) is 5.10 Å². The fourth-order valence-corrected chi connectivity index (χ4v) is 2.94. The number of aromatic nitrogens is 5. The zero-order valence-corrected chi connectivity index (χ0v) is 14.0. The molecule has 0 unspecified atom stereocenters. The number of hydrogen-bond donors (Lipinski definition) is 2. The maximum absolute atomic E-state index is 12.4. The number of aromatic amines is 1. The van der Waals surface area contributed by atoms with Gasteiger partial charge in [0.15, 0.2) is 5.82 Å².